The van der Waals surface area contributed by atoms with E-state index in [9.17, 15) is 19.7 Å². The Morgan fingerprint density at radius 3 is 2.65 bits per heavy atom. The van der Waals surface area contributed by atoms with Crippen LogP contribution in [-0.2, 0) is 28.9 Å². The molecular weight excluding hydrogens is 444 g/mol. The number of ether oxygens (including phenoxy) is 1. The van der Waals surface area contributed by atoms with Gasteiger partial charge >= 0.3 is 11.8 Å². The number of amides is 1. The van der Waals surface area contributed by atoms with E-state index in [4.69, 9.17) is 16.3 Å². The topological polar surface area (TPSA) is 116 Å². The quantitative estimate of drug-likeness (QED) is 0.395. The number of rotatable bonds is 5. The summed E-state index contributed by atoms with van der Waals surface area (Å²) in [5.74, 6) is -0.978. The lowest BCUT2D eigenvalue weighted by molar-refractivity contribution is -0.389. The van der Waals surface area contributed by atoms with Crippen molar-refractivity contribution in [3.05, 3.63) is 36.8 Å². The molecule has 0 saturated heterocycles. The average molecular weight is 469 g/mol. The zero-order chi connectivity index (χ0) is 23.1. The minimum Gasteiger partial charge on any atom is -0.465 e. The molecule has 1 aliphatic carbocycles. The van der Waals surface area contributed by atoms with Crippen LogP contribution in [0.1, 0.15) is 53.7 Å². The van der Waals surface area contributed by atoms with Crippen molar-refractivity contribution in [2.75, 3.05) is 12.4 Å². The molecule has 0 bridgehead atoms. The lowest BCUT2D eigenvalue weighted by atomic mass is 9.72. The number of esters is 1. The first kappa shape index (κ1) is 23.2. The molecule has 11 heteroatoms. The van der Waals surface area contributed by atoms with Crippen LogP contribution in [-0.4, -0.2) is 33.7 Å². The predicted octanol–water partition coefficient (Wildman–Crippen LogP) is 4.39. The van der Waals surface area contributed by atoms with Gasteiger partial charge in [-0.3, -0.25) is 4.79 Å². The van der Waals surface area contributed by atoms with Crippen LogP contribution in [0.4, 0.5) is 10.8 Å². The van der Waals surface area contributed by atoms with Gasteiger partial charge in [0.25, 0.3) is 0 Å². The molecule has 2 heterocycles. The number of hydrogen-bond acceptors (Lipinski definition) is 7. The second kappa shape index (κ2) is 8.58. The molecule has 0 unspecified atom stereocenters. The number of halogens is 1. The van der Waals surface area contributed by atoms with Gasteiger partial charge in [-0.15, -0.1) is 11.3 Å². The third-order valence-corrected chi connectivity index (χ3v) is 7.33. The molecule has 0 aliphatic heterocycles. The summed E-state index contributed by atoms with van der Waals surface area (Å²) in [7, 11) is 1.31. The van der Waals surface area contributed by atoms with E-state index in [1.165, 1.54) is 23.1 Å². The van der Waals surface area contributed by atoms with Crippen molar-refractivity contribution in [2.24, 2.45) is 11.3 Å². The van der Waals surface area contributed by atoms with E-state index >= 15 is 0 Å². The Labute approximate surface area is 188 Å². The van der Waals surface area contributed by atoms with Crippen LogP contribution in [0.25, 0.3) is 0 Å². The van der Waals surface area contributed by atoms with Crippen LogP contribution < -0.4 is 5.32 Å². The Morgan fingerprint density at radius 1 is 1.42 bits per heavy atom. The highest BCUT2D eigenvalue weighted by molar-refractivity contribution is 7.17. The van der Waals surface area contributed by atoms with E-state index in [0.717, 1.165) is 29.7 Å². The van der Waals surface area contributed by atoms with Gasteiger partial charge in [-0.25, -0.2) is 4.79 Å². The van der Waals surface area contributed by atoms with E-state index in [1.807, 2.05) is 0 Å². The molecule has 9 nitrogen and oxygen atoms in total. The van der Waals surface area contributed by atoms with Crippen molar-refractivity contribution < 1.29 is 19.2 Å². The number of carbonyl (C=O) groups excluding carboxylic acids is 2. The van der Waals surface area contributed by atoms with Crippen molar-refractivity contribution in [1.82, 2.24) is 9.78 Å². The fourth-order valence-corrected chi connectivity index (χ4v) is 5.35. The normalized spacial score (nSPS) is 16.0. The van der Waals surface area contributed by atoms with Gasteiger partial charge in [0.05, 0.1) is 23.5 Å². The van der Waals surface area contributed by atoms with Gasteiger partial charge in [0.2, 0.25) is 5.91 Å². The lowest BCUT2D eigenvalue weighted by Crippen LogP contribution is -2.26. The lowest BCUT2D eigenvalue weighted by Gasteiger charge is -2.33. The van der Waals surface area contributed by atoms with E-state index in [-0.39, 0.29) is 17.0 Å². The van der Waals surface area contributed by atoms with Gasteiger partial charge in [-0.1, -0.05) is 32.4 Å². The molecular formula is C20H25ClN4O5S. The van der Waals surface area contributed by atoms with Crippen LogP contribution in [0.15, 0.2) is 0 Å². The maximum atomic E-state index is 12.7. The minimum atomic E-state index is -0.696. The zero-order valence-electron chi connectivity index (χ0n) is 18.1. The largest absolute Gasteiger partial charge is 0.465 e. The van der Waals surface area contributed by atoms with Gasteiger partial charge in [0, 0.05) is 4.88 Å². The molecule has 2 aromatic heterocycles. The predicted molar refractivity (Wildman–Crippen MR) is 118 cm³/mol. The van der Waals surface area contributed by atoms with Crippen molar-refractivity contribution in [1.29, 1.82) is 0 Å². The first-order valence-corrected chi connectivity index (χ1v) is 11.0. The molecule has 168 valence electrons. The van der Waals surface area contributed by atoms with E-state index < -0.39 is 22.6 Å². The van der Waals surface area contributed by atoms with Crippen LogP contribution in [0.3, 0.4) is 0 Å². The number of methoxy groups -OCH3 is 1. The van der Waals surface area contributed by atoms with Crippen molar-refractivity contribution in [3.8, 4) is 0 Å². The summed E-state index contributed by atoms with van der Waals surface area (Å²) in [6, 6.07) is 0. The number of anilines is 1. The highest BCUT2D eigenvalue weighted by Gasteiger charge is 2.34. The van der Waals surface area contributed by atoms with Crippen LogP contribution in [0.5, 0.6) is 0 Å². The minimum absolute atomic E-state index is 0.104. The average Bonchev–Trinajstić information content (AvgIpc) is 3.18. The molecule has 0 radical (unpaired) electrons. The van der Waals surface area contributed by atoms with Crippen LogP contribution >= 0.6 is 22.9 Å². The zero-order valence-corrected chi connectivity index (χ0v) is 19.6. The van der Waals surface area contributed by atoms with Gasteiger partial charge in [-0.2, -0.15) is 4.68 Å². The Hall–Kier alpha value is -2.46. The number of nitrogens with zero attached hydrogens (tertiary/aromatic N) is 3. The second-order valence-electron chi connectivity index (χ2n) is 8.69. The number of aromatic nitrogens is 2. The van der Waals surface area contributed by atoms with Crippen LogP contribution in [0, 0.1) is 28.4 Å². The summed E-state index contributed by atoms with van der Waals surface area (Å²) in [5.41, 5.74) is 1.78. The van der Waals surface area contributed by atoms with Gasteiger partial charge in [0.15, 0.2) is 5.02 Å². The molecule has 31 heavy (non-hydrogen) atoms. The molecule has 1 atom stereocenters. The monoisotopic (exact) mass is 468 g/mol. The number of carbonyl (C=O) groups is 2. The first-order chi connectivity index (χ1) is 14.4. The molecule has 0 aromatic carbocycles. The third-order valence-electron chi connectivity index (χ3n) is 5.72. The number of nitro groups is 1. The second-order valence-corrected chi connectivity index (χ2v) is 10.2. The Bertz CT molecular complexity index is 1050. The molecule has 0 fully saturated rings. The molecule has 1 N–H and O–H groups in total. The molecule has 1 aliphatic rings. The summed E-state index contributed by atoms with van der Waals surface area (Å²) >= 11 is 7.33. The standard InChI is InChI=1S/C20H25ClN4O5S/c1-10-16(21)17(25(28)29)23-24(10)9-14(26)22-18-15(19(27)30-5)12-7-6-11(20(2,3)4)8-13(12)31-18/h11H,6-9H2,1-5H3,(H,22,26)/t11-/m1/s1. The summed E-state index contributed by atoms with van der Waals surface area (Å²) in [6.07, 6.45) is 2.54. The fraction of sp³-hybridized carbons (Fsp3) is 0.550. The van der Waals surface area contributed by atoms with E-state index in [0.29, 0.717) is 22.2 Å². The molecule has 2 aromatic rings. The van der Waals surface area contributed by atoms with E-state index in [2.05, 4.69) is 31.2 Å². The SMILES string of the molecule is COC(=O)c1c(NC(=O)Cn2nc([N+](=O)[O-])c(Cl)c2C)sc2c1CC[C@@H](C(C)(C)C)C2. The smallest absolute Gasteiger partial charge is 0.408 e. The van der Waals surface area contributed by atoms with Crippen molar-refractivity contribution in [2.45, 2.75) is 53.5 Å². The Morgan fingerprint density at radius 2 is 2.10 bits per heavy atom. The van der Waals surface area contributed by atoms with Gasteiger partial charge < -0.3 is 20.2 Å². The molecule has 3 rings (SSSR count). The number of fused-ring (bicyclic) bond motifs is 1. The maximum Gasteiger partial charge on any atom is 0.408 e. The first-order valence-electron chi connectivity index (χ1n) is 9.84. The summed E-state index contributed by atoms with van der Waals surface area (Å²) < 4.78 is 6.14. The maximum absolute atomic E-state index is 12.7. The molecule has 0 spiro atoms. The van der Waals surface area contributed by atoms with Crippen LogP contribution in [0.2, 0.25) is 5.02 Å². The third kappa shape index (κ3) is 4.59. The van der Waals surface area contributed by atoms with E-state index in [1.54, 1.807) is 6.92 Å². The summed E-state index contributed by atoms with van der Waals surface area (Å²) in [5, 5.41) is 17.9. The van der Waals surface area contributed by atoms with Gasteiger partial charge in [-0.05, 0) is 48.0 Å². The highest BCUT2D eigenvalue weighted by Crippen LogP contribution is 2.44. The summed E-state index contributed by atoms with van der Waals surface area (Å²) in [4.78, 5) is 36.6. The number of hydrogen-bond donors (Lipinski definition) is 1. The fourth-order valence-electron chi connectivity index (χ4n) is 3.81. The van der Waals surface area contributed by atoms with Crippen molar-refractivity contribution >= 4 is 45.6 Å². The Balaban J connectivity index is 1.87. The van der Waals surface area contributed by atoms with Crippen molar-refractivity contribution in [3.63, 3.8) is 0 Å². The summed E-state index contributed by atoms with van der Waals surface area (Å²) in [6.45, 7) is 7.89. The highest BCUT2D eigenvalue weighted by atomic mass is 35.5. The number of nitrogens with one attached hydrogen (secondary N) is 1. The molecule has 0 saturated carbocycles. The van der Waals surface area contributed by atoms with Gasteiger partial charge in [0.1, 0.15) is 11.5 Å². The molecule has 1 amide bonds. The Kier molecular flexibility index (Phi) is 6.43. The number of thiophene rings is 1.